The first kappa shape index (κ1) is 6.30. The lowest BCUT2D eigenvalue weighted by molar-refractivity contribution is 0.298. The highest BCUT2D eigenvalue weighted by atomic mass is 16.3. The second-order valence-corrected chi connectivity index (χ2v) is 1.04. The Kier molecular flexibility index (Phi) is 4.77. The van der Waals surface area contributed by atoms with E-state index in [2.05, 4.69) is 5.32 Å². The van der Waals surface area contributed by atoms with Crippen molar-refractivity contribution >= 4 is 0 Å². The maximum atomic E-state index is 8.16. The normalized spacial score (nSPS) is 9.86. The minimum Gasteiger partial charge on any atom is -0.403 e. The molecule has 4 N–H and O–H groups in total. The highest BCUT2D eigenvalue weighted by molar-refractivity contribution is 4.71. The first-order chi connectivity index (χ1) is 3.41. The molecule has 0 heterocycles. The van der Waals surface area contributed by atoms with Crippen LogP contribution in [0.15, 0.2) is 12.4 Å². The molecule has 0 atom stereocenters. The van der Waals surface area contributed by atoms with Crippen LogP contribution in [0, 0.1) is 0 Å². The second-order valence-electron chi connectivity index (χ2n) is 1.04. The number of aliphatic hydroxyl groups is 1. The number of rotatable bonds is 3. The Morgan fingerprint density at radius 1 is 1.71 bits per heavy atom. The molecular weight excluding hydrogens is 92.1 g/mol. The summed E-state index contributed by atoms with van der Waals surface area (Å²) in [4.78, 5) is 0. The van der Waals surface area contributed by atoms with Crippen LogP contribution >= 0.6 is 0 Å². The van der Waals surface area contributed by atoms with E-state index in [1.807, 2.05) is 0 Å². The molecule has 0 bridgehead atoms. The van der Waals surface area contributed by atoms with Gasteiger partial charge in [-0.2, -0.15) is 0 Å². The van der Waals surface area contributed by atoms with Gasteiger partial charge in [0.05, 0.1) is 6.61 Å². The number of nitrogens with one attached hydrogen (secondary N) is 1. The molecule has 0 aliphatic heterocycles. The second kappa shape index (κ2) is 5.30. The van der Waals surface area contributed by atoms with E-state index in [0.717, 1.165) is 0 Å². The summed E-state index contributed by atoms with van der Waals surface area (Å²) in [5.41, 5.74) is 4.94. The van der Waals surface area contributed by atoms with Crippen molar-refractivity contribution in [2.24, 2.45) is 5.73 Å². The molecule has 3 heteroatoms. The Morgan fingerprint density at radius 2 is 2.43 bits per heavy atom. The van der Waals surface area contributed by atoms with Crippen LogP contribution < -0.4 is 11.1 Å². The molecule has 42 valence electrons. The first-order valence-corrected chi connectivity index (χ1v) is 2.13. The zero-order valence-corrected chi connectivity index (χ0v) is 4.09. The van der Waals surface area contributed by atoms with Gasteiger partial charge in [-0.05, 0) is 0 Å². The van der Waals surface area contributed by atoms with Crippen molar-refractivity contribution in [3.8, 4) is 0 Å². The number of nitrogens with two attached hydrogens (primary N) is 1. The van der Waals surface area contributed by atoms with Crippen molar-refractivity contribution < 1.29 is 5.11 Å². The Balaban J connectivity index is 2.69. The Morgan fingerprint density at radius 3 is 2.86 bits per heavy atom. The van der Waals surface area contributed by atoms with Gasteiger partial charge in [0.25, 0.3) is 0 Å². The summed E-state index contributed by atoms with van der Waals surface area (Å²) in [6.45, 7) is 0.706. The van der Waals surface area contributed by atoms with Crippen LogP contribution in [0.25, 0.3) is 0 Å². The van der Waals surface area contributed by atoms with Gasteiger partial charge in [-0.15, -0.1) is 0 Å². The molecule has 0 radical (unpaired) electrons. The molecule has 0 amide bonds. The molecule has 0 aromatic heterocycles. The van der Waals surface area contributed by atoms with E-state index in [1.54, 1.807) is 6.20 Å². The summed E-state index contributed by atoms with van der Waals surface area (Å²) in [5, 5.41) is 10.9. The van der Waals surface area contributed by atoms with Crippen LogP contribution in [0.3, 0.4) is 0 Å². The maximum absolute atomic E-state index is 8.16. The standard InChI is InChI=1S/C4H10N2O/c5-1-2-6-3-4-7/h1-2,6-7H,3-5H2/b2-1+. The fourth-order valence-electron chi connectivity index (χ4n) is 0.216. The lowest BCUT2D eigenvalue weighted by atomic mass is 10.7. The fourth-order valence-corrected chi connectivity index (χ4v) is 0.216. The zero-order valence-electron chi connectivity index (χ0n) is 4.09. The molecule has 0 rings (SSSR count). The average molecular weight is 102 g/mol. The van der Waals surface area contributed by atoms with Crippen molar-refractivity contribution in [2.45, 2.75) is 0 Å². The third kappa shape index (κ3) is 5.30. The Bertz CT molecular complexity index is 53.7. The molecule has 3 nitrogen and oxygen atoms in total. The van der Waals surface area contributed by atoms with E-state index in [0.29, 0.717) is 6.54 Å². The summed E-state index contributed by atoms with van der Waals surface area (Å²) in [6.07, 6.45) is 2.96. The van der Waals surface area contributed by atoms with Crippen LogP contribution in [0.4, 0.5) is 0 Å². The summed E-state index contributed by atoms with van der Waals surface area (Å²) >= 11 is 0. The molecule has 0 aromatic rings. The SMILES string of the molecule is N/C=C/NCCO. The smallest absolute Gasteiger partial charge is 0.0603 e. The summed E-state index contributed by atoms with van der Waals surface area (Å²) in [5.74, 6) is 0. The van der Waals surface area contributed by atoms with Crippen molar-refractivity contribution in [1.82, 2.24) is 5.32 Å². The van der Waals surface area contributed by atoms with Gasteiger partial charge in [0.1, 0.15) is 0 Å². The van der Waals surface area contributed by atoms with Gasteiger partial charge in [0.2, 0.25) is 0 Å². The van der Waals surface area contributed by atoms with Gasteiger partial charge in [-0.25, -0.2) is 0 Å². The Hall–Kier alpha value is -0.700. The van der Waals surface area contributed by atoms with E-state index in [4.69, 9.17) is 10.8 Å². The van der Waals surface area contributed by atoms with E-state index >= 15 is 0 Å². The largest absolute Gasteiger partial charge is 0.403 e. The highest BCUT2D eigenvalue weighted by Gasteiger charge is 1.69. The van der Waals surface area contributed by atoms with E-state index < -0.39 is 0 Å². The van der Waals surface area contributed by atoms with E-state index in [9.17, 15) is 0 Å². The summed E-state index contributed by atoms with van der Waals surface area (Å²) < 4.78 is 0. The third-order valence-electron chi connectivity index (χ3n) is 0.470. The molecule has 0 aliphatic carbocycles. The topological polar surface area (TPSA) is 58.3 Å². The van der Waals surface area contributed by atoms with Crippen LogP contribution in [-0.2, 0) is 0 Å². The monoisotopic (exact) mass is 102 g/mol. The van der Waals surface area contributed by atoms with Crippen molar-refractivity contribution in [3.63, 3.8) is 0 Å². The average Bonchev–Trinajstić information content (AvgIpc) is 1.69. The summed E-state index contributed by atoms with van der Waals surface area (Å²) in [6, 6.07) is 0. The molecule has 0 aliphatic rings. The molecule has 0 spiro atoms. The lowest BCUT2D eigenvalue weighted by Crippen LogP contribution is -2.10. The number of aliphatic hydroxyl groups excluding tert-OH is 1. The fraction of sp³-hybridized carbons (Fsp3) is 0.500. The van der Waals surface area contributed by atoms with Gasteiger partial charge in [-0.1, -0.05) is 0 Å². The van der Waals surface area contributed by atoms with Crippen LogP contribution in [0.5, 0.6) is 0 Å². The van der Waals surface area contributed by atoms with Crippen molar-refractivity contribution in [2.75, 3.05) is 13.2 Å². The predicted molar refractivity (Wildman–Crippen MR) is 28.4 cm³/mol. The minimum absolute atomic E-state index is 0.143. The van der Waals surface area contributed by atoms with Crippen molar-refractivity contribution in [1.29, 1.82) is 0 Å². The van der Waals surface area contributed by atoms with Crippen molar-refractivity contribution in [3.05, 3.63) is 12.4 Å². The van der Waals surface area contributed by atoms with Gasteiger partial charge in [0, 0.05) is 18.9 Å². The molecule has 0 saturated carbocycles. The minimum atomic E-state index is 0.143. The molecule has 0 fully saturated rings. The molecule has 7 heavy (non-hydrogen) atoms. The lowest BCUT2D eigenvalue weighted by Gasteiger charge is -1.90. The predicted octanol–water partition coefficient (Wildman–Crippen LogP) is -1.00. The van der Waals surface area contributed by atoms with Crippen LogP contribution in [0.2, 0.25) is 0 Å². The first-order valence-electron chi connectivity index (χ1n) is 2.13. The molecular formula is C4H10N2O. The molecule has 0 saturated heterocycles. The maximum Gasteiger partial charge on any atom is 0.0603 e. The van der Waals surface area contributed by atoms with Crippen LogP contribution in [-0.4, -0.2) is 18.3 Å². The Labute approximate surface area is 42.8 Å². The van der Waals surface area contributed by atoms with Gasteiger partial charge in [-0.3, -0.25) is 0 Å². The van der Waals surface area contributed by atoms with E-state index in [1.165, 1.54) is 6.20 Å². The van der Waals surface area contributed by atoms with E-state index in [-0.39, 0.29) is 6.61 Å². The quantitative estimate of drug-likeness (QED) is 0.400. The number of hydrogen-bond acceptors (Lipinski definition) is 3. The van der Waals surface area contributed by atoms with Gasteiger partial charge >= 0.3 is 0 Å². The molecule has 0 unspecified atom stereocenters. The number of hydrogen-bond donors (Lipinski definition) is 3. The summed E-state index contributed by atoms with van der Waals surface area (Å²) in [7, 11) is 0. The van der Waals surface area contributed by atoms with Gasteiger partial charge in [0.15, 0.2) is 0 Å². The van der Waals surface area contributed by atoms with Crippen LogP contribution in [0.1, 0.15) is 0 Å². The molecule has 0 aromatic carbocycles. The zero-order chi connectivity index (χ0) is 5.54. The highest BCUT2D eigenvalue weighted by Crippen LogP contribution is 1.54. The van der Waals surface area contributed by atoms with Gasteiger partial charge < -0.3 is 16.2 Å². The third-order valence-corrected chi connectivity index (χ3v) is 0.470.